The van der Waals surface area contributed by atoms with Crippen molar-refractivity contribution in [1.29, 1.82) is 0 Å². The number of aromatic nitrogens is 1. The summed E-state index contributed by atoms with van der Waals surface area (Å²) in [5, 5.41) is 0. The van der Waals surface area contributed by atoms with E-state index < -0.39 is 0 Å². The van der Waals surface area contributed by atoms with Gasteiger partial charge in [0.15, 0.2) is 6.29 Å². The van der Waals surface area contributed by atoms with Gasteiger partial charge in [0.1, 0.15) is 0 Å². The first-order chi connectivity index (χ1) is 5.92. The molecule has 0 unspecified atom stereocenters. The Morgan fingerprint density at radius 3 is 2.83 bits per heavy atom. The summed E-state index contributed by atoms with van der Waals surface area (Å²) in [4.78, 5) is 14.6. The van der Waals surface area contributed by atoms with Crippen molar-refractivity contribution < 1.29 is 4.79 Å². The van der Waals surface area contributed by atoms with Crippen LogP contribution in [-0.4, -0.2) is 11.3 Å². The molecule has 0 bridgehead atoms. The lowest BCUT2D eigenvalue weighted by Crippen LogP contribution is -1.75. The smallest absolute Gasteiger partial charge is 0.152 e. The van der Waals surface area contributed by atoms with E-state index in [9.17, 15) is 4.79 Å². The lowest BCUT2D eigenvalue weighted by Gasteiger charge is -1.88. The van der Waals surface area contributed by atoms with Gasteiger partial charge in [-0.15, -0.1) is 0 Å². The number of carbonyl (C=O) groups is 1. The predicted octanol–water partition coefficient (Wildman–Crippen LogP) is 2.00. The molecule has 58 valence electrons. The third kappa shape index (κ3) is 0.975. The fourth-order valence-corrected chi connectivity index (χ4v) is 1.20. The van der Waals surface area contributed by atoms with Crippen LogP contribution in [0.25, 0.3) is 11.3 Å². The predicted molar refractivity (Wildman–Crippen MR) is 46.2 cm³/mol. The highest BCUT2D eigenvalue weighted by molar-refractivity contribution is 5.87. The highest BCUT2D eigenvalue weighted by atomic mass is 16.1. The van der Waals surface area contributed by atoms with Gasteiger partial charge in [-0.3, -0.25) is 9.78 Å². The summed E-state index contributed by atoms with van der Waals surface area (Å²) in [5.41, 5.74) is 2.43. The molecule has 0 N–H and O–H groups in total. The molecule has 2 rings (SSSR count). The average molecular weight is 157 g/mol. The van der Waals surface area contributed by atoms with Crippen LogP contribution in [0.5, 0.6) is 0 Å². The fourth-order valence-electron chi connectivity index (χ4n) is 1.20. The van der Waals surface area contributed by atoms with E-state index in [0.29, 0.717) is 5.56 Å². The zero-order chi connectivity index (χ0) is 8.39. The molecule has 0 aromatic heterocycles. The third-order valence-corrected chi connectivity index (χ3v) is 1.80. The maximum Gasteiger partial charge on any atom is 0.152 e. The van der Waals surface area contributed by atoms with Gasteiger partial charge < -0.3 is 0 Å². The second-order valence-electron chi connectivity index (χ2n) is 2.54. The van der Waals surface area contributed by atoms with Gasteiger partial charge in [-0.1, -0.05) is 24.3 Å². The van der Waals surface area contributed by atoms with Crippen molar-refractivity contribution in [2.24, 2.45) is 0 Å². The van der Waals surface area contributed by atoms with Crippen molar-refractivity contribution in [2.75, 3.05) is 0 Å². The average Bonchev–Trinajstić information content (AvgIpc) is 2.33. The van der Waals surface area contributed by atoms with Crippen LogP contribution in [0.3, 0.4) is 0 Å². The summed E-state index contributed by atoms with van der Waals surface area (Å²) in [6.07, 6.45) is 2.42. The fraction of sp³-hybridized carbons (Fsp3) is 0. The van der Waals surface area contributed by atoms with E-state index in [-0.39, 0.29) is 0 Å². The van der Waals surface area contributed by atoms with Crippen LogP contribution < -0.4 is 0 Å². The van der Waals surface area contributed by atoms with Crippen LogP contribution in [0.15, 0.2) is 36.5 Å². The van der Waals surface area contributed by atoms with E-state index in [1.165, 1.54) is 0 Å². The Morgan fingerprint density at radius 1 is 1.17 bits per heavy atom. The van der Waals surface area contributed by atoms with Gasteiger partial charge in [0.25, 0.3) is 0 Å². The van der Waals surface area contributed by atoms with Crippen molar-refractivity contribution in [3.8, 4) is 11.3 Å². The summed E-state index contributed by atoms with van der Waals surface area (Å²) in [6.45, 7) is 0. The molecule has 12 heavy (non-hydrogen) atoms. The Hall–Kier alpha value is -1.70. The van der Waals surface area contributed by atoms with Crippen LogP contribution in [0.4, 0.5) is 0 Å². The molecule has 0 aromatic rings. The van der Waals surface area contributed by atoms with Crippen LogP contribution in [-0.2, 0) is 0 Å². The van der Waals surface area contributed by atoms with E-state index in [2.05, 4.69) is 4.98 Å². The van der Waals surface area contributed by atoms with Crippen LogP contribution in [0, 0.1) is 0 Å². The molecule has 1 aliphatic heterocycles. The van der Waals surface area contributed by atoms with Gasteiger partial charge in [0.2, 0.25) is 0 Å². The molecule has 0 atom stereocenters. The largest absolute Gasteiger partial charge is 0.298 e. The van der Waals surface area contributed by atoms with Gasteiger partial charge in [-0.2, -0.15) is 0 Å². The molecule has 0 saturated heterocycles. The molecule has 0 spiro atoms. The van der Waals surface area contributed by atoms with Crippen LogP contribution in [0.2, 0.25) is 0 Å². The van der Waals surface area contributed by atoms with Gasteiger partial charge in [0, 0.05) is 17.3 Å². The van der Waals surface area contributed by atoms with E-state index in [0.717, 1.165) is 17.5 Å². The minimum atomic E-state index is 0.654. The van der Waals surface area contributed by atoms with E-state index >= 15 is 0 Å². The van der Waals surface area contributed by atoms with Gasteiger partial charge in [0.05, 0.1) is 5.69 Å². The Kier molecular flexibility index (Phi) is 1.59. The molecule has 0 aromatic carbocycles. The minimum absolute atomic E-state index is 0.654. The van der Waals surface area contributed by atoms with Crippen molar-refractivity contribution in [2.45, 2.75) is 0 Å². The highest BCUT2D eigenvalue weighted by Gasteiger charge is 2.06. The standard InChI is InChI=1S/C10H7NO/c12-7-8-6-11-10-5-3-1-2-4-9(8)10/h1-7H. The first-order valence-corrected chi connectivity index (χ1v) is 3.71. The lowest BCUT2D eigenvalue weighted by atomic mass is 10.1. The molecule has 1 aliphatic carbocycles. The number of aldehydes is 1. The topological polar surface area (TPSA) is 30.0 Å². The Labute approximate surface area is 70.2 Å². The quantitative estimate of drug-likeness (QED) is 0.592. The van der Waals surface area contributed by atoms with E-state index in [1.54, 1.807) is 6.20 Å². The van der Waals surface area contributed by atoms with Crippen LogP contribution in [0.1, 0.15) is 10.4 Å². The maximum absolute atomic E-state index is 10.5. The van der Waals surface area contributed by atoms with Crippen molar-refractivity contribution >= 4 is 6.29 Å². The van der Waals surface area contributed by atoms with Crippen LogP contribution >= 0.6 is 0 Å². The molecule has 0 saturated carbocycles. The minimum Gasteiger partial charge on any atom is -0.298 e. The molecular formula is C10H7NO. The summed E-state index contributed by atoms with van der Waals surface area (Å²) in [6, 6.07) is 9.51. The lowest BCUT2D eigenvalue weighted by molar-refractivity contribution is 0.112. The SMILES string of the molecule is O=Cc1cnc2cccccc1-2. The number of rotatable bonds is 1. The molecule has 0 radical (unpaired) electrons. The van der Waals surface area contributed by atoms with Crippen molar-refractivity contribution in [3.05, 3.63) is 42.1 Å². The molecule has 2 nitrogen and oxygen atoms in total. The molecule has 0 fully saturated rings. The number of hydrogen-bond acceptors (Lipinski definition) is 2. The molecular weight excluding hydrogens is 150 g/mol. The number of nitrogens with zero attached hydrogens (tertiary/aromatic N) is 1. The zero-order valence-electron chi connectivity index (χ0n) is 6.40. The number of hydrogen-bond donors (Lipinski definition) is 0. The number of carbonyl (C=O) groups excluding carboxylic acids is 1. The van der Waals surface area contributed by atoms with E-state index in [1.807, 2.05) is 30.3 Å². The first kappa shape index (κ1) is 6.98. The van der Waals surface area contributed by atoms with Crippen molar-refractivity contribution in [3.63, 3.8) is 0 Å². The third-order valence-electron chi connectivity index (χ3n) is 1.80. The molecule has 2 aliphatic rings. The second kappa shape index (κ2) is 2.74. The van der Waals surface area contributed by atoms with Gasteiger partial charge >= 0.3 is 0 Å². The molecule has 1 heterocycles. The number of fused-ring (bicyclic) bond motifs is 1. The van der Waals surface area contributed by atoms with E-state index in [4.69, 9.17) is 0 Å². The normalized spacial score (nSPS) is 10.0. The first-order valence-electron chi connectivity index (χ1n) is 3.71. The van der Waals surface area contributed by atoms with Crippen molar-refractivity contribution in [1.82, 2.24) is 4.98 Å². The molecule has 0 amide bonds. The summed E-state index contributed by atoms with van der Waals surface area (Å²) in [7, 11) is 0. The summed E-state index contributed by atoms with van der Waals surface area (Å²) < 4.78 is 0. The second-order valence-corrected chi connectivity index (χ2v) is 2.54. The molecule has 2 heteroatoms. The summed E-state index contributed by atoms with van der Waals surface area (Å²) in [5.74, 6) is 0. The monoisotopic (exact) mass is 157 g/mol. The van der Waals surface area contributed by atoms with Gasteiger partial charge in [-0.05, 0) is 6.07 Å². The zero-order valence-corrected chi connectivity index (χ0v) is 6.40. The Balaban J connectivity index is 2.72. The Bertz CT molecular complexity index is 384. The maximum atomic E-state index is 10.5. The Morgan fingerprint density at radius 2 is 2.00 bits per heavy atom. The summed E-state index contributed by atoms with van der Waals surface area (Å²) >= 11 is 0. The highest BCUT2D eigenvalue weighted by Crippen LogP contribution is 2.21. The van der Waals surface area contributed by atoms with Gasteiger partial charge in [-0.25, -0.2) is 0 Å².